The fourth-order valence-corrected chi connectivity index (χ4v) is 3.43. The number of halogens is 2. The monoisotopic (exact) mass is 444 g/mol. The molecule has 146 valence electrons. The quantitative estimate of drug-likeness (QED) is 0.254. The van der Waals surface area contributed by atoms with Crippen LogP contribution in [-0.2, 0) is 0 Å². The molecular formula is C19H14Cl2N6OS. The number of carbonyl (C=O) groups is 1. The summed E-state index contributed by atoms with van der Waals surface area (Å²) in [7, 11) is 0. The van der Waals surface area contributed by atoms with Gasteiger partial charge in [0, 0.05) is 5.02 Å². The van der Waals surface area contributed by atoms with E-state index in [2.05, 4.69) is 27.0 Å². The zero-order valence-electron chi connectivity index (χ0n) is 15.1. The highest BCUT2D eigenvalue weighted by molar-refractivity contribution is 7.98. The highest BCUT2D eigenvalue weighted by Gasteiger charge is 2.17. The molecule has 3 aromatic rings. The second-order valence-corrected chi connectivity index (χ2v) is 7.19. The van der Waals surface area contributed by atoms with Crippen molar-refractivity contribution in [3.05, 3.63) is 69.7 Å². The van der Waals surface area contributed by atoms with Crippen LogP contribution >= 0.6 is 35.0 Å². The van der Waals surface area contributed by atoms with Crippen molar-refractivity contribution in [2.24, 2.45) is 4.99 Å². The summed E-state index contributed by atoms with van der Waals surface area (Å²) in [6, 6.07) is 16.0. The van der Waals surface area contributed by atoms with Crippen molar-refractivity contribution in [2.45, 2.75) is 5.03 Å². The fraction of sp³-hybridized carbons (Fsp3) is 0.0526. The molecule has 3 rings (SSSR count). The third-order valence-electron chi connectivity index (χ3n) is 3.75. The Hall–Kier alpha value is -2.99. The van der Waals surface area contributed by atoms with Gasteiger partial charge in [0.05, 0.1) is 16.3 Å². The normalized spacial score (nSPS) is 10.7. The number of hydrogen-bond donors (Lipinski definition) is 2. The zero-order chi connectivity index (χ0) is 20.8. The minimum atomic E-state index is -0.458. The molecule has 0 aliphatic heterocycles. The summed E-state index contributed by atoms with van der Waals surface area (Å²) in [4.78, 5) is 16.5. The molecule has 0 fully saturated rings. The molecule has 0 atom stereocenters. The minimum absolute atomic E-state index is 0.229. The van der Waals surface area contributed by atoms with Gasteiger partial charge in [-0.2, -0.15) is 10.4 Å². The number of nitriles is 1. The number of amides is 1. The van der Waals surface area contributed by atoms with Gasteiger partial charge in [0.2, 0.25) is 0 Å². The molecule has 0 saturated carbocycles. The predicted octanol–water partition coefficient (Wildman–Crippen LogP) is 4.37. The molecule has 7 nitrogen and oxygen atoms in total. The number of thioether (sulfide) groups is 1. The van der Waals surface area contributed by atoms with Gasteiger partial charge < -0.3 is 0 Å². The summed E-state index contributed by atoms with van der Waals surface area (Å²) in [5.74, 6) is -0.116. The van der Waals surface area contributed by atoms with E-state index in [9.17, 15) is 10.1 Å². The van der Waals surface area contributed by atoms with Crippen molar-refractivity contribution in [3.63, 3.8) is 0 Å². The zero-order valence-corrected chi connectivity index (χ0v) is 17.4. The molecule has 2 aromatic carbocycles. The number of hydrazine groups is 1. The smallest absolute Gasteiger partial charge is 0.271 e. The van der Waals surface area contributed by atoms with E-state index in [0.29, 0.717) is 21.4 Å². The Kier molecular flexibility index (Phi) is 6.77. The van der Waals surface area contributed by atoms with E-state index in [1.54, 1.807) is 10.7 Å². The first-order valence-electron chi connectivity index (χ1n) is 8.21. The molecule has 0 bridgehead atoms. The van der Waals surface area contributed by atoms with Gasteiger partial charge in [-0.15, -0.1) is 11.8 Å². The first-order chi connectivity index (χ1) is 14.0. The second kappa shape index (κ2) is 9.47. The third kappa shape index (κ3) is 4.71. The van der Waals surface area contributed by atoms with E-state index in [0.717, 1.165) is 5.69 Å². The molecule has 1 amide bonds. The van der Waals surface area contributed by atoms with E-state index in [4.69, 9.17) is 23.2 Å². The van der Waals surface area contributed by atoms with Crippen LogP contribution in [0.5, 0.6) is 0 Å². The number of benzene rings is 2. The van der Waals surface area contributed by atoms with E-state index in [1.807, 2.05) is 36.6 Å². The Labute approximate surface area is 181 Å². The summed E-state index contributed by atoms with van der Waals surface area (Å²) >= 11 is 13.2. The average molecular weight is 445 g/mol. The van der Waals surface area contributed by atoms with Crippen LogP contribution in [0, 0.1) is 11.3 Å². The number of aromatic nitrogens is 2. The highest BCUT2D eigenvalue weighted by atomic mass is 35.5. The van der Waals surface area contributed by atoms with Crippen LogP contribution < -0.4 is 10.9 Å². The molecule has 0 aliphatic rings. The summed E-state index contributed by atoms with van der Waals surface area (Å²) in [6.07, 6.45) is 3.10. The molecule has 0 spiro atoms. The lowest BCUT2D eigenvalue weighted by atomic mass is 10.2. The Morgan fingerprint density at radius 3 is 2.69 bits per heavy atom. The highest BCUT2D eigenvalue weighted by Crippen LogP contribution is 2.30. The molecule has 10 heteroatoms. The molecule has 1 aromatic heterocycles. The molecular weight excluding hydrogens is 431 g/mol. The van der Waals surface area contributed by atoms with Gasteiger partial charge in [-0.05, 0) is 36.6 Å². The first kappa shape index (κ1) is 20.7. The first-order valence-corrected chi connectivity index (χ1v) is 10.2. The van der Waals surface area contributed by atoms with Gasteiger partial charge in [-0.1, -0.05) is 41.4 Å². The average Bonchev–Trinajstić information content (AvgIpc) is 3.09. The molecule has 1 heterocycles. The number of nitrogens with one attached hydrogen (secondary N) is 2. The van der Waals surface area contributed by atoms with Gasteiger partial charge >= 0.3 is 0 Å². The van der Waals surface area contributed by atoms with Crippen LogP contribution in [0.2, 0.25) is 10.0 Å². The van der Waals surface area contributed by atoms with Crippen LogP contribution in [0.25, 0.3) is 5.69 Å². The lowest BCUT2D eigenvalue weighted by molar-refractivity contribution is 0.0944. The number of nitrogens with zero attached hydrogens (tertiary/aromatic N) is 4. The maximum Gasteiger partial charge on any atom is 0.271 e. The number of aliphatic imine (C=N–C) groups is 1. The number of hydrogen-bond acceptors (Lipinski definition) is 5. The van der Waals surface area contributed by atoms with Crippen LogP contribution in [0.3, 0.4) is 0 Å². The predicted molar refractivity (Wildman–Crippen MR) is 115 cm³/mol. The topological polar surface area (TPSA) is 95.1 Å². The van der Waals surface area contributed by atoms with Crippen molar-refractivity contribution in [1.29, 1.82) is 5.26 Å². The SMILES string of the molecule is CSc1nn(-c2ccccc2)c(/N=C/NNC(=O)c2ccc(Cl)cc2Cl)c1C#N. The van der Waals surface area contributed by atoms with Crippen LogP contribution in [0.15, 0.2) is 58.5 Å². The molecule has 2 N–H and O–H groups in total. The van der Waals surface area contributed by atoms with Crippen molar-refractivity contribution in [1.82, 2.24) is 20.6 Å². The van der Waals surface area contributed by atoms with Crippen LogP contribution in [0.1, 0.15) is 15.9 Å². The Bertz CT molecular complexity index is 1110. The molecule has 0 radical (unpaired) electrons. The van der Waals surface area contributed by atoms with Crippen LogP contribution in [0.4, 0.5) is 5.82 Å². The maximum absolute atomic E-state index is 12.2. The van der Waals surface area contributed by atoms with E-state index in [-0.39, 0.29) is 10.6 Å². The minimum Gasteiger partial charge on any atom is -0.288 e. The number of rotatable bonds is 6. The molecule has 0 unspecified atom stereocenters. The fourth-order valence-electron chi connectivity index (χ4n) is 2.43. The summed E-state index contributed by atoms with van der Waals surface area (Å²) in [6.45, 7) is 0. The second-order valence-electron chi connectivity index (χ2n) is 5.55. The van der Waals surface area contributed by atoms with E-state index < -0.39 is 5.91 Å². The van der Waals surface area contributed by atoms with Gasteiger partial charge in [-0.25, -0.2) is 9.67 Å². The summed E-state index contributed by atoms with van der Waals surface area (Å²) < 4.78 is 1.57. The van der Waals surface area contributed by atoms with E-state index >= 15 is 0 Å². The van der Waals surface area contributed by atoms with Gasteiger partial charge in [-0.3, -0.25) is 15.6 Å². The summed E-state index contributed by atoms with van der Waals surface area (Å²) in [5.41, 5.74) is 6.41. The Balaban J connectivity index is 1.80. The van der Waals surface area contributed by atoms with Gasteiger partial charge in [0.1, 0.15) is 23.0 Å². The summed E-state index contributed by atoms with van der Waals surface area (Å²) in [5, 5.41) is 15.2. The van der Waals surface area contributed by atoms with E-state index in [1.165, 1.54) is 30.2 Å². The number of para-hydroxylation sites is 1. The Morgan fingerprint density at radius 1 is 1.28 bits per heavy atom. The van der Waals surface area contributed by atoms with Crippen LogP contribution in [-0.4, -0.2) is 28.3 Å². The van der Waals surface area contributed by atoms with Gasteiger partial charge in [0.25, 0.3) is 5.91 Å². The number of carbonyl (C=O) groups excluding carboxylic acids is 1. The molecule has 0 aliphatic carbocycles. The maximum atomic E-state index is 12.2. The van der Waals surface area contributed by atoms with Crippen molar-refractivity contribution in [2.75, 3.05) is 6.26 Å². The van der Waals surface area contributed by atoms with Crippen molar-refractivity contribution >= 4 is 53.0 Å². The van der Waals surface area contributed by atoms with Crippen molar-refractivity contribution in [3.8, 4) is 11.8 Å². The molecule has 29 heavy (non-hydrogen) atoms. The third-order valence-corrected chi connectivity index (χ3v) is 4.97. The van der Waals surface area contributed by atoms with Crippen molar-refractivity contribution < 1.29 is 4.79 Å². The Morgan fingerprint density at radius 2 is 2.03 bits per heavy atom. The molecule has 0 saturated heterocycles. The lowest BCUT2D eigenvalue weighted by Crippen LogP contribution is -2.36. The standard InChI is InChI=1S/C19H14Cl2N6OS/c1-29-19-15(10-22)17(27(26-19)13-5-3-2-4-6-13)23-11-24-25-18(28)14-8-7-12(20)9-16(14)21/h2-9,11H,1H3,(H,23,24)(H,25,28). The largest absolute Gasteiger partial charge is 0.288 e. The van der Waals surface area contributed by atoms with Gasteiger partial charge in [0.15, 0.2) is 5.82 Å². The lowest BCUT2D eigenvalue weighted by Gasteiger charge is -2.06.